The summed E-state index contributed by atoms with van der Waals surface area (Å²) in [4.78, 5) is 31.6. The highest BCUT2D eigenvalue weighted by Gasteiger charge is 2.41. The van der Waals surface area contributed by atoms with Crippen LogP contribution in [0.25, 0.3) is 0 Å². The number of esters is 1. The van der Waals surface area contributed by atoms with Gasteiger partial charge in [-0.2, -0.15) is 0 Å². The van der Waals surface area contributed by atoms with Gasteiger partial charge in [0.05, 0.1) is 32.3 Å². The molecule has 9 heteroatoms. The van der Waals surface area contributed by atoms with Gasteiger partial charge in [0.2, 0.25) is 0 Å². The molecule has 1 atom stereocenters. The van der Waals surface area contributed by atoms with Crippen molar-refractivity contribution in [2.75, 3.05) is 13.2 Å². The quantitative estimate of drug-likeness (QED) is 0.271. The van der Waals surface area contributed by atoms with Crippen molar-refractivity contribution < 1.29 is 44.7 Å². The lowest BCUT2D eigenvalue weighted by Crippen LogP contribution is -2.42. The summed E-state index contributed by atoms with van der Waals surface area (Å²) in [6.45, 7) is 2.80. The molecule has 0 aliphatic heterocycles. The van der Waals surface area contributed by atoms with E-state index in [0.717, 1.165) is 6.26 Å². The zero-order valence-electron chi connectivity index (χ0n) is 9.98. The number of hydrogen-bond donors (Lipinski definition) is 5. The van der Waals surface area contributed by atoms with Gasteiger partial charge in [-0.25, -0.2) is 4.79 Å². The van der Waals surface area contributed by atoms with Crippen LogP contribution in [0.4, 0.5) is 0 Å². The molecule has 0 saturated heterocycles. The molecule has 19 heavy (non-hydrogen) atoms. The van der Waals surface area contributed by atoms with Gasteiger partial charge in [-0.05, 0) is 0 Å². The predicted octanol–water partition coefficient (Wildman–Crippen LogP) is -1.68. The number of aliphatic carboxylic acids is 2. The minimum atomic E-state index is -2.66. The SMILES string of the molecule is C=COC(=O)CC(O)(CC(=O)O)C(=O)O.OCCO. The monoisotopic (exact) mass is 280 g/mol. The van der Waals surface area contributed by atoms with Crippen LogP contribution in [-0.2, 0) is 19.1 Å². The predicted molar refractivity (Wildman–Crippen MR) is 59.9 cm³/mol. The van der Waals surface area contributed by atoms with E-state index in [2.05, 4.69) is 11.3 Å². The number of aliphatic hydroxyl groups excluding tert-OH is 2. The Morgan fingerprint density at radius 3 is 1.84 bits per heavy atom. The van der Waals surface area contributed by atoms with E-state index < -0.39 is 36.4 Å². The van der Waals surface area contributed by atoms with Gasteiger partial charge in [-0.1, -0.05) is 6.58 Å². The van der Waals surface area contributed by atoms with E-state index in [1.54, 1.807) is 0 Å². The van der Waals surface area contributed by atoms with Crippen LogP contribution in [0.3, 0.4) is 0 Å². The fourth-order valence-corrected chi connectivity index (χ4v) is 0.837. The van der Waals surface area contributed by atoms with Crippen molar-refractivity contribution in [1.82, 2.24) is 0 Å². The number of carboxylic acid groups (broad SMARTS) is 2. The van der Waals surface area contributed by atoms with Gasteiger partial charge in [-0.3, -0.25) is 9.59 Å². The Morgan fingerprint density at radius 1 is 1.11 bits per heavy atom. The Labute approximate surface area is 108 Å². The van der Waals surface area contributed by atoms with Crippen molar-refractivity contribution in [1.29, 1.82) is 0 Å². The highest BCUT2D eigenvalue weighted by atomic mass is 16.5. The van der Waals surface area contributed by atoms with Crippen molar-refractivity contribution in [3.8, 4) is 0 Å². The summed E-state index contributed by atoms with van der Waals surface area (Å²) in [7, 11) is 0. The van der Waals surface area contributed by atoms with Gasteiger partial charge in [0.1, 0.15) is 0 Å². The number of carbonyl (C=O) groups is 3. The first-order valence-electron chi connectivity index (χ1n) is 4.93. The number of carbonyl (C=O) groups excluding carboxylic acids is 1. The van der Waals surface area contributed by atoms with Crippen LogP contribution in [0, 0.1) is 0 Å². The molecule has 0 bridgehead atoms. The van der Waals surface area contributed by atoms with Gasteiger partial charge < -0.3 is 30.3 Å². The van der Waals surface area contributed by atoms with Crippen molar-refractivity contribution in [3.63, 3.8) is 0 Å². The van der Waals surface area contributed by atoms with Crippen LogP contribution >= 0.6 is 0 Å². The minimum Gasteiger partial charge on any atom is -0.481 e. The molecule has 110 valence electrons. The maximum absolute atomic E-state index is 10.8. The molecule has 0 heterocycles. The molecule has 0 radical (unpaired) electrons. The Kier molecular flexibility index (Phi) is 10.2. The summed E-state index contributed by atoms with van der Waals surface area (Å²) in [5.74, 6) is -4.41. The van der Waals surface area contributed by atoms with Crippen LogP contribution in [-0.4, -0.2) is 62.3 Å². The Hall–Kier alpha value is -1.97. The van der Waals surface area contributed by atoms with Crippen LogP contribution in [0.2, 0.25) is 0 Å². The van der Waals surface area contributed by atoms with Gasteiger partial charge in [-0.15, -0.1) is 0 Å². The second kappa shape index (κ2) is 10.00. The Bertz CT molecular complexity index is 323. The third-order valence-corrected chi connectivity index (χ3v) is 1.59. The van der Waals surface area contributed by atoms with Crippen LogP contribution in [0.1, 0.15) is 12.8 Å². The largest absolute Gasteiger partial charge is 0.481 e. The molecule has 0 aliphatic carbocycles. The normalized spacial score (nSPS) is 12.4. The molecule has 5 N–H and O–H groups in total. The maximum atomic E-state index is 10.8. The van der Waals surface area contributed by atoms with E-state index in [1.807, 2.05) is 0 Å². The van der Waals surface area contributed by atoms with Crippen molar-refractivity contribution in [2.24, 2.45) is 0 Å². The molecule has 9 nitrogen and oxygen atoms in total. The van der Waals surface area contributed by atoms with E-state index in [9.17, 15) is 19.5 Å². The number of aliphatic hydroxyl groups is 3. The lowest BCUT2D eigenvalue weighted by molar-refractivity contribution is -0.170. The zero-order chi connectivity index (χ0) is 15.5. The van der Waals surface area contributed by atoms with E-state index in [4.69, 9.17) is 20.4 Å². The third kappa shape index (κ3) is 9.71. The van der Waals surface area contributed by atoms with Gasteiger partial charge in [0.25, 0.3) is 0 Å². The van der Waals surface area contributed by atoms with E-state index >= 15 is 0 Å². The van der Waals surface area contributed by atoms with E-state index in [1.165, 1.54) is 0 Å². The second-order valence-electron chi connectivity index (χ2n) is 3.19. The summed E-state index contributed by atoms with van der Waals surface area (Å²) < 4.78 is 4.18. The lowest BCUT2D eigenvalue weighted by atomic mass is 9.96. The zero-order valence-corrected chi connectivity index (χ0v) is 9.98. The average molecular weight is 280 g/mol. The molecule has 0 aliphatic rings. The summed E-state index contributed by atoms with van der Waals surface area (Å²) in [6, 6.07) is 0. The highest BCUT2D eigenvalue weighted by molar-refractivity contribution is 5.88. The highest BCUT2D eigenvalue weighted by Crippen LogP contribution is 2.16. The molecule has 0 amide bonds. The van der Waals surface area contributed by atoms with Gasteiger partial charge in [0, 0.05) is 0 Å². The molecule has 0 aromatic carbocycles. The number of ether oxygens (including phenoxy) is 1. The Balaban J connectivity index is 0. The first kappa shape index (κ1) is 19.4. The summed E-state index contributed by atoms with van der Waals surface area (Å²) in [6.07, 6.45) is -1.29. The minimum absolute atomic E-state index is 0.125. The lowest BCUT2D eigenvalue weighted by Gasteiger charge is -2.19. The van der Waals surface area contributed by atoms with Crippen molar-refractivity contribution in [2.45, 2.75) is 18.4 Å². The number of hydrogen-bond acceptors (Lipinski definition) is 7. The first-order valence-corrected chi connectivity index (χ1v) is 4.93. The molecule has 0 spiro atoms. The number of rotatable bonds is 7. The van der Waals surface area contributed by atoms with Gasteiger partial charge in [0.15, 0.2) is 5.60 Å². The third-order valence-electron chi connectivity index (χ3n) is 1.59. The van der Waals surface area contributed by atoms with Crippen molar-refractivity contribution >= 4 is 17.9 Å². The average Bonchev–Trinajstić information content (AvgIpc) is 2.28. The molecule has 0 saturated carbocycles. The van der Waals surface area contributed by atoms with Gasteiger partial charge >= 0.3 is 17.9 Å². The molecule has 0 fully saturated rings. The smallest absolute Gasteiger partial charge is 0.336 e. The number of carboxylic acids is 2. The standard InChI is InChI=1S/C8H10O7.C2H6O2/c1-2-15-6(11)4-8(14,7(12)13)3-5(9)10;3-1-2-4/h2,14H,1,3-4H2,(H,9,10)(H,12,13);3-4H,1-2H2. The second-order valence-corrected chi connectivity index (χ2v) is 3.19. The summed E-state index contributed by atoms with van der Waals surface area (Å²) in [5, 5.41) is 41.5. The first-order chi connectivity index (χ1) is 8.73. The topological polar surface area (TPSA) is 162 Å². The van der Waals surface area contributed by atoms with Crippen LogP contribution < -0.4 is 0 Å². The molecule has 0 rings (SSSR count). The van der Waals surface area contributed by atoms with Crippen molar-refractivity contribution in [3.05, 3.63) is 12.8 Å². The van der Waals surface area contributed by atoms with Crippen LogP contribution in [0.5, 0.6) is 0 Å². The summed E-state index contributed by atoms with van der Waals surface area (Å²) >= 11 is 0. The molecule has 1 unspecified atom stereocenters. The van der Waals surface area contributed by atoms with E-state index in [-0.39, 0.29) is 13.2 Å². The molecular formula is C10H16O9. The molecule has 0 aromatic rings. The van der Waals surface area contributed by atoms with E-state index in [0.29, 0.717) is 0 Å². The molecular weight excluding hydrogens is 264 g/mol. The fourth-order valence-electron chi connectivity index (χ4n) is 0.837. The summed E-state index contributed by atoms with van der Waals surface area (Å²) in [5.41, 5.74) is -2.66. The fraction of sp³-hybridized carbons (Fsp3) is 0.500. The Morgan fingerprint density at radius 2 is 1.58 bits per heavy atom. The maximum Gasteiger partial charge on any atom is 0.336 e. The van der Waals surface area contributed by atoms with Crippen LogP contribution in [0.15, 0.2) is 12.8 Å². The molecule has 0 aromatic heterocycles.